The lowest BCUT2D eigenvalue weighted by Crippen LogP contribution is -1.99. The van der Waals surface area contributed by atoms with Crippen molar-refractivity contribution in [2.24, 2.45) is 0 Å². The maximum absolute atomic E-state index is 10.6. The van der Waals surface area contributed by atoms with Crippen LogP contribution in [0, 0.1) is 0 Å². The van der Waals surface area contributed by atoms with E-state index in [1.807, 2.05) is 48.5 Å². The van der Waals surface area contributed by atoms with Crippen LogP contribution >= 0.6 is 11.8 Å². The minimum absolute atomic E-state index is 0.0482. The number of rotatable bonds is 7. The van der Waals surface area contributed by atoms with E-state index in [4.69, 9.17) is 10.4 Å². The molecule has 110 valence electrons. The van der Waals surface area contributed by atoms with Crippen LogP contribution in [0.15, 0.2) is 58.3 Å². The van der Waals surface area contributed by atoms with Gasteiger partial charge in [-0.3, -0.25) is 10.1 Å². The van der Waals surface area contributed by atoms with Crippen molar-refractivity contribution in [3.8, 4) is 0 Å². The van der Waals surface area contributed by atoms with Crippen molar-refractivity contribution in [3.63, 3.8) is 0 Å². The molecular weight excluding hydrogens is 288 g/mol. The lowest BCUT2D eigenvalue weighted by atomic mass is 10.2. The lowest BCUT2D eigenvalue weighted by Gasteiger charge is -2.05. The van der Waals surface area contributed by atoms with E-state index in [9.17, 15) is 4.79 Å². The van der Waals surface area contributed by atoms with E-state index in [1.54, 1.807) is 11.8 Å². The van der Waals surface area contributed by atoms with E-state index < -0.39 is 5.97 Å². The van der Waals surface area contributed by atoms with Crippen molar-refractivity contribution >= 4 is 17.7 Å². The topological polar surface area (TPSA) is 66.8 Å². The predicted octanol–water partition coefficient (Wildman–Crippen LogP) is 3.50. The SMILES string of the molecule is O=C(O)Cc1ccc(Sc2ccc(CCOO)cc2)cc1. The first-order chi connectivity index (χ1) is 10.2. The third-order valence-corrected chi connectivity index (χ3v) is 3.94. The number of carbonyl (C=O) groups is 1. The summed E-state index contributed by atoms with van der Waals surface area (Å²) in [6, 6.07) is 15.6. The standard InChI is InChI=1S/C16H16O4S/c17-16(18)11-13-3-7-15(8-4-13)21-14-5-1-12(2-6-14)9-10-20-19/h1-8,19H,9-11H2,(H,17,18). The second kappa shape index (κ2) is 7.83. The second-order valence-corrected chi connectivity index (χ2v) is 5.69. The van der Waals surface area contributed by atoms with E-state index in [0.29, 0.717) is 6.42 Å². The molecule has 0 heterocycles. The molecule has 0 fully saturated rings. The van der Waals surface area contributed by atoms with Gasteiger partial charge in [0.05, 0.1) is 13.0 Å². The fourth-order valence-corrected chi connectivity index (χ4v) is 2.69. The Morgan fingerprint density at radius 3 is 1.95 bits per heavy atom. The normalized spacial score (nSPS) is 10.5. The summed E-state index contributed by atoms with van der Waals surface area (Å²) in [4.78, 5) is 16.9. The maximum Gasteiger partial charge on any atom is 0.307 e. The number of hydrogen-bond acceptors (Lipinski definition) is 4. The van der Waals surface area contributed by atoms with Crippen molar-refractivity contribution in [1.29, 1.82) is 0 Å². The summed E-state index contributed by atoms with van der Waals surface area (Å²) in [7, 11) is 0. The number of carboxylic acid groups (broad SMARTS) is 1. The Morgan fingerprint density at radius 2 is 1.48 bits per heavy atom. The molecule has 5 heteroatoms. The highest BCUT2D eigenvalue weighted by molar-refractivity contribution is 7.99. The van der Waals surface area contributed by atoms with Gasteiger partial charge in [-0.1, -0.05) is 36.0 Å². The minimum atomic E-state index is -0.821. The Balaban J connectivity index is 1.96. The van der Waals surface area contributed by atoms with Gasteiger partial charge in [0.25, 0.3) is 0 Å². The van der Waals surface area contributed by atoms with Crippen molar-refractivity contribution < 1.29 is 20.0 Å². The van der Waals surface area contributed by atoms with Crippen molar-refractivity contribution in [2.75, 3.05) is 6.61 Å². The molecule has 0 unspecified atom stereocenters. The fourth-order valence-electron chi connectivity index (χ4n) is 1.87. The van der Waals surface area contributed by atoms with Gasteiger partial charge in [0, 0.05) is 9.79 Å². The zero-order valence-corrected chi connectivity index (χ0v) is 12.2. The lowest BCUT2D eigenvalue weighted by molar-refractivity contribution is -0.241. The van der Waals surface area contributed by atoms with Crippen LogP contribution in [0.4, 0.5) is 0 Å². The molecule has 2 N–H and O–H groups in total. The van der Waals surface area contributed by atoms with E-state index in [2.05, 4.69) is 4.89 Å². The van der Waals surface area contributed by atoms with Crippen molar-refractivity contribution in [3.05, 3.63) is 59.7 Å². The molecular formula is C16H16O4S. The summed E-state index contributed by atoms with van der Waals surface area (Å²) in [5.41, 5.74) is 1.90. The molecule has 0 radical (unpaired) electrons. The molecule has 0 aliphatic heterocycles. The molecule has 2 aromatic rings. The van der Waals surface area contributed by atoms with Gasteiger partial charge in [-0.15, -0.1) is 0 Å². The first-order valence-corrected chi connectivity index (χ1v) is 7.33. The van der Waals surface area contributed by atoms with Gasteiger partial charge in [-0.05, 0) is 41.8 Å². The van der Waals surface area contributed by atoms with Gasteiger partial charge in [0.15, 0.2) is 0 Å². The monoisotopic (exact) mass is 304 g/mol. The smallest absolute Gasteiger partial charge is 0.307 e. The molecule has 2 aromatic carbocycles. The van der Waals surface area contributed by atoms with Gasteiger partial charge < -0.3 is 5.11 Å². The van der Waals surface area contributed by atoms with Crippen molar-refractivity contribution in [1.82, 2.24) is 0 Å². The van der Waals surface area contributed by atoms with Gasteiger partial charge >= 0.3 is 5.97 Å². The molecule has 21 heavy (non-hydrogen) atoms. The van der Waals surface area contributed by atoms with E-state index in [-0.39, 0.29) is 13.0 Å². The van der Waals surface area contributed by atoms with E-state index in [0.717, 1.165) is 20.9 Å². The quantitative estimate of drug-likeness (QED) is 0.605. The van der Waals surface area contributed by atoms with Gasteiger partial charge in [0.1, 0.15) is 0 Å². The van der Waals surface area contributed by atoms with Gasteiger partial charge in [-0.2, -0.15) is 0 Å². The third kappa shape index (κ3) is 5.23. The molecule has 0 saturated carbocycles. The Bertz CT molecular complexity index is 578. The van der Waals surface area contributed by atoms with Crippen molar-refractivity contribution in [2.45, 2.75) is 22.6 Å². The van der Waals surface area contributed by atoms with Crippen LogP contribution in [0.2, 0.25) is 0 Å². The summed E-state index contributed by atoms with van der Waals surface area (Å²) in [6.45, 7) is 0.289. The zero-order chi connectivity index (χ0) is 15.1. The molecule has 0 spiro atoms. The van der Waals surface area contributed by atoms with Crippen LogP contribution < -0.4 is 0 Å². The molecule has 0 atom stereocenters. The summed E-state index contributed by atoms with van der Waals surface area (Å²) < 4.78 is 0. The maximum atomic E-state index is 10.6. The van der Waals surface area contributed by atoms with Gasteiger partial charge in [-0.25, -0.2) is 4.89 Å². The molecule has 2 rings (SSSR count). The largest absolute Gasteiger partial charge is 0.481 e. The van der Waals surface area contributed by atoms with Crippen LogP contribution in [-0.2, 0) is 22.5 Å². The van der Waals surface area contributed by atoms with Crippen LogP contribution in [0.5, 0.6) is 0 Å². The van der Waals surface area contributed by atoms with Crippen LogP contribution in [-0.4, -0.2) is 22.9 Å². The highest BCUT2D eigenvalue weighted by Gasteiger charge is 2.02. The van der Waals surface area contributed by atoms with Crippen LogP contribution in [0.25, 0.3) is 0 Å². The average Bonchev–Trinajstić information content (AvgIpc) is 2.48. The molecule has 0 amide bonds. The predicted molar refractivity (Wildman–Crippen MR) is 80.6 cm³/mol. The Morgan fingerprint density at radius 1 is 0.952 bits per heavy atom. The van der Waals surface area contributed by atoms with E-state index >= 15 is 0 Å². The minimum Gasteiger partial charge on any atom is -0.481 e. The molecule has 0 aliphatic rings. The third-order valence-electron chi connectivity index (χ3n) is 2.92. The number of hydrogen-bond donors (Lipinski definition) is 2. The number of carboxylic acids is 1. The van der Waals surface area contributed by atoms with Gasteiger partial charge in [0.2, 0.25) is 0 Å². The highest BCUT2D eigenvalue weighted by Crippen LogP contribution is 2.28. The Labute approximate surface area is 127 Å². The van der Waals surface area contributed by atoms with Crippen LogP contribution in [0.3, 0.4) is 0 Å². The average molecular weight is 304 g/mol. The molecule has 0 aliphatic carbocycles. The Kier molecular flexibility index (Phi) is 5.80. The first kappa shape index (κ1) is 15.6. The Hall–Kier alpha value is -1.82. The molecule has 4 nitrogen and oxygen atoms in total. The van der Waals surface area contributed by atoms with E-state index in [1.165, 1.54) is 0 Å². The first-order valence-electron chi connectivity index (χ1n) is 6.51. The summed E-state index contributed by atoms with van der Waals surface area (Å²) in [5, 5.41) is 17.0. The summed E-state index contributed by atoms with van der Waals surface area (Å²) in [5.74, 6) is -0.821. The number of benzene rings is 2. The molecule has 0 aromatic heterocycles. The fraction of sp³-hybridized carbons (Fsp3) is 0.188. The molecule has 0 saturated heterocycles. The summed E-state index contributed by atoms with van der Waals surface area (Å²) >= 11 is 1.62. The summed E-state index contributed by atoms with van der Waals surface area (Å²) in [6.07, 6.45) is 0.720. The number of aliphatic carboxylic acids is 1. The zero-order valence-electron chi connectivity index (χ0n) is 11.4. The molecule has 0 bridgehead atoms. The van der Waals surface area contributed by atoms with Crippen LogP contribution in [0.1, 0.15) is 11.1 Å². The highest BCUT2D eigenvalue weighted by atomic mass is 32.2. The second-order valence-electron chi connectivity index (χ2n) is 4.54.